The Labute approximate surface area is 200 Å². The van der Waals surface area contributed by atoms with Crippen molar-refractivity contribution < 1.29 is 14.4 Å². The molecule has 174 valence electrons. The van der Waals surface area contributed by atoms with E-state index in [9.17, 15) is 14.4 Å². The predicted molar refractivity (Wildman–Crippen MR) is 132 cm³/mol. The zero-order chi connectivity index (χ0) is 24.1. The number of para-hydroxylation sites is 1. The number of benzene rings is 3. The lowest BCUT2D eigenvalue weighted by Crippen LogP contribution is -2.46. The van der Waals surface area contributed by atoms with Gasteiger partial charge in [0.15, 0.2) is 5.54 Å². The SMILES string of the molecule is CCc1cccc(CC)c1NC(=O)CN1C(=O)N[C@@](Cc2ccccc2)(c2ccccc2)C1=O. The Morgan fingerprint density at radius 3 is 2.03 bits per heavy atom. The summed E-state index contributed by atoms with van der Waals surface area (Å²) in [5.41, 5.74) is 3.14. The van der Waals surface area contributed by atoms with Crippen molar-refractivity contribution in [3.05, 3.63) is 101 Å². The van der Waals surface area contributed by atoms with E-state index < -0.39 is 23.4 Å². The summed E-state index contributed by atoms with van der Waals surface area (Å²) in [6.45, 7) is 3.70. The topological polar surface area (TPSA) is 78.5 Å². The Hall–Kier alpha value is -3.93. The van der Waals surface area contributed by atoms with Crippen LogP contribution in [0.5, 0.6) is 0 Å². The molecule has 1 saturated heterocycles. The number of aryl methyl sites for hydroxylation is 2. The van der Waals surface area contributed by atoms with E-state index in [-0.39, 0.29) is 6.54 Å². The monoisotopic (exact) mass is 455 g/mol. The van der Waals surface area contributed by atoms with E-state index in [2.05, 4.69) is 10.6 Å². The van der Waals surface area contributed by atoms with Gasteiger partial charge in [0.25, 0.3) is 5.91 Å². The molecule has 0 aromatic heterocycles. The maximum Gasteiger partial charge on any atom is 0.325 e. The maximum absolute atomic E-state index is 13.7. The highest BCUT2D eigenvalue weighted by molar-refractivity contribution is 6.10. The first kappa shape index (κ1) is 23.2. The number of anilines is 1. The summed E-state index contributed by atoms with van der Waals surface area (Å²) < 4.78 is 0. The van der Waals surface area contributed by atoms with Crippen LogP contribution in [0.15, 0.2) is 78.9 Å². The van der Waals surface area contributed by atoms with Crippen molar-refractivity contribution in [3.63, 3.8) is 0 Å². The lowest BCUT2D eigenvalue weighted by atomic mass is 9.83. The number of carbonyl (C=O) groups is 3. The fraction of sp³-hybridized carbons (Fsp3) is 0.250. The molecular formula is C28H29N3O3. The molecule has 6 heteroatoms. The van der Waals surface area contributed by atoms with Gasteiger partial charge in [0.2, 0.25) is 5.91 Å². The fourth-order valence-electron chi connectivity index (χ4n) is 4.54. The summed E-state index contributed by atoms with van der Waals surface area (Å²) in [4.78, 5) is 40.8. The summed E-state index contributed by atoms with van der Waals surface area (Å²) in [7, 11) is 0. The molecule has 3 aromatic carbocycles. The fourth-order valence-corrected chi connectivity index (χ4v) is 4.54. The largest absolute Gasteiger partial charge is 0.325 e. The molecule has 2 N–H and O–H groups in total. The van der Waals surface area contributed by atoms with Gasteiger partial charge >= 0.3 is 6.03 Å². The van der Waals surface area contributed by atoms with Gasteiger partial charge in [-0.3, -0.25) is 14.5 Å². The Morgan fingerprint density at radius 2 is 1.44 bits per heavy atom. The Bertz CT molecular complexity index is 1170. The average molecular weight is 456 g/mol. The molecule has 1 heterocycles. The molecule has 1 aliphatic heterocycles. The van der Waals surface area contributed by atoms with Crippen LogP contribution in [0.1, 0.15) is 36.1 Å². The second-order valence-electron chi connectivity index (χ2n) is 8.46. The molecule has 1 aliphatic rings. The van der Waals surface area contributed by atoms with Crippen LogP contribution < -0.4 is 10.6 Å². The van der Waals surface area contributed by atoms with E-state index in [0.29, 0.717) is 12.0 Å². The number of urea groups is 1. The van der Waals surface area contributed by atoms with Crippen molar-refractivity contribution in [3.8, 4) is 0 Å². The van der Waals surface area contributed by atoms with E-state index in [0.717, 1.165) is 40.1 Å². The van der Waals surface area contributed by atoms with Crippen molar-refractivity contribution >= 4 is 23.5 Å². The van der Waals surface area contributed by atoms with Crippen molar-refractivity contribution in [2.75, 3.05) is 11.9 Å². The van der Waals surface area contributed by atoms with Crippen LogP contribution in [0.4, 0.5) is 10.5 Å². The number of nitrogens with zero attached hydrogens (tertiary/aromatic N) is 1. The van der Waals surface area contributed by atoms with Crippen LogP contribution in [0, 0.1) is 0 Å². The van der Waals surface area contributed by atoms with Gasteiger partial charge in [0.05, 0.1) is 0 Å². The van der Waals surface area contributed by atoms with Gasteiger partial charge in [-0.2, -0.15) is 0 Å². The van der Waals surface area contributed by atoms with Crippen LogP contribution in [-0.4, -0.2) is 29.3 Å². The lowest BCUT2D eigenvalue weighted by molar-refractivity contribution is -0.134. The molecule has 1 fully saturated rings. The first-order valence-electron chi connectivity index (χ1n) is 11.6. The van der Waals surface area contributed by atoms with E-state index >= 15 is 0 Å². The molecule has 6 nitrogen and oxygen atoms in total. The Balaban J connectivity index is 1.61. The molecule has 4 rings (SSSR count). The van der Waals surface area contributed by atoms with Gasteiger partial charge in [-0.25, -0.2) is 4.79 Å². The van der Waals surface area contributed by atoms with Gasteiger partial charge in [-0.1, -0.05) is 92.7 Å². The second-order valence-corrected chi connectivity index (χ2v) is 8.46. The third kappa shape index (κ3) is 4.44. The maximum atomic E-state index is 13.7. The average Bonchev–Trinajstić information content (AvgIpc) is 3.10. The normalized spacial score (nSPS) is 17.5. The minimum Gasteiger partial charge on any atom is -0.324 e. The molecule has 3 aromatic rings. The lowest BCUT2D eigenvalue weighted by Gasteiger charge is -2.27. The molecule has 0 unspecified atom stereocenters. The van der Waals surface area contributed by atoms with E-state index in [1.165, 1.54) is 0 Å². The first-order chi connectivity index (χ1) is 16.5. The summed E-state index contributed by atoms with van der Waals surface area (Å²) in [6.07, 6.45) is 1.82. The highest BCUT2D eigenvalue weighted by Crippen LogP contribution is 2.33. The summed E-state index contributed by atoms with van der Waals surface area (Å²) in [5, 5.41) is 5.86. The molecule has 0 radical (unpaired) electrons. The molecule has 4 amide bonds. The number of imide groups is 1. The van der Waals surface area contributed by atoms with Gasteiger partial charge in [0.1, 0.15) is 6.54 Å². The Morgan fingerprint density at radius 1 is 0.853 bits per heavy atom. The van der Waals surface area contributed by atoms with E-state index in [1.54, 1.807) is 0 Å². The standard InChI is InChI=1S/C28H29N3O3/c1-3-21-14-11-15-22(4-2)25(21)29-24(32)19-31-26(33)28(30-27(31)34,23-16-9-6-10-17-23)18-20-12-7-5-8-13-20/h5-17H,3-4,18-19H2,1-2H3,(H,29,32)(H,30,34)/t28-/m0/s1. The second kappa shape index (κ2) is 9.91. The number of hydrogen-bond donors (Lipinski definition) is 2. The van der Waals surface area contributed by atoms with Crippen LogP contribution in [0.2, 0.25) is 0 Å². The molecule has 0 spiro atoms. The molecule has 0 aliphatic carbocycles. The summed E-state index contributed by atoms with van der Waals surface area (Å²) in [5.74, 6) is -0.829. The number of carbonyl (C=O) groups excluding carboxylic acids is 3. The molecule has 0 saturated carbocycles. The number of amides is 4. The van der Waals surface area contributed by atoms with E-state index in [1.807, 2.05) is 92.7 Å². The minimum absolute atomic E-state index is 0.291. The van der Waals surface area contributed by atoms with Crippen molar-refractivity contribution in [1.82, 2.24) is 10.2 Å². The predicted octanol–water partition coefficient (Wildman–Crippen LogP) is 4.44. The van der Waals surface area contributed by atoms with Gasteiger partial charge in [-0.15, -0.1) is 0 Å². The first-order valence-corrected chi connectivity index (χ1v) is 11.6. The quantitative estimate of drug-likeness (QED) is 0.493. The molecule has 1 atom stereocenters. The third-order valence-corrected chi connectivity index (χ3v) is 6.32. The highest BCUT2D eigenvalue weighted by atomic mass is 16.2. The van der Waals surface area contributed by atoms with E-state index in [4.69, 9.17) is 0 Å². The summed E-state index contributed by atoms with van der Waals surface area (Å²) >= 11 is 0. The minimum atomic E-state index is -1.27. The zero-order valence-corrected chi connectivity index (χ0v) is 19.5. The Kier molecular flexibility index (Phi) is 6.77. The smallest absolute Gasteiger partial charge is 0.324 e. The molecular weight excluding hydrogens is 426 g/mol. The molecule has 34 heavy (non-hydrogen) atoms. The highest BCUT2D eigenvalue weighted by Gasteiger charge is 2.52. The number of nitrogens with one attached hydrogen (secondary N) is 2. The van der Waals surface area contributed by atoms with Gasteiger partial charge in [-0.05, 0) is 35.1 Å². The van der Waals surface area contributed by atoms with Crippen LogP contribution in [-0.2, 0) is 34.4 Å². The van der Waals surface area contributed by atoms with Crippen molar-refractivity contribution in [2.24, 2.45) is 0 Å². The number of hydrogen-bond acceptors (Lipinski definition) is 3. The van der Waals surface area contributed by atoms with Crippen molar-refractivity contribution in [1.29, 1.82) is 0 Å². The van der Waals surface area contributed by atoms with Crippen LogP contribution in [0.3, 0.4) is 0 Å². The summed E-state index contributed by atoms with van der Waals surface area (Å²) in [6, 6.07) is 24.1. The molecule has 0 bridgehead atoms. The van der Waals surface area contributed by atoms with Gasteiger partial charge < -0.3 is 10.6 Å². The van der Waals surface area contributed by atoms with Gasteiger partial charge in [0, 0.05) is 12.1 Å². The van der Waals surface area contributed by atoms with Crippen molar-refractivity contribution in [2.45, 2.75) is 38.6 Å². The number of rotatable bonds is 8. The zero-order valence-electron chi connectivity index (χ0n) is 19.5. The third-order valence-electron chi connectivity index (χ3n) is 6.32. The van der Waals surface area contributed by atoms with Crippen LogP contribution in [0.25, 0.3) is 0 Å². The van der Waals surface area contributed by atoms with Crippen LogP contribution >= 0.6 is 0 Å².